The Morgan fingerprint density at radius 2 is 1.69 bits per heavy atom. The molecule has 1 atom stereocenters. The van der Waals surface area contributed by atoms with Crippen molar-refractivity contribution in [2.45, 2.75) is 19.9 Å². The number of amides is 2. The van der Waals surface area contributed by atoms with Crippen LogP contribution in [-0.2, 0) is 11.8 Å². The minimum Gasteiger partial charge on any atom is -0.324 e. The van der Waals surface area contributed by atoms with E-state index in [2.05, 4.69) is 20.8 Å². The van der Waals surface area contributed by atoms with E-state index in [1.807, 2.05) is 44.3 Å². The molecule has 0 radical (unpaired) electrons. The molecule has 3 heterocycles. The van der Waals surface area contributed by atoms with Gasteiger partial charge in [0, 0.05) is 36.4 Å². The van der Waals surface area contributed by atoms with Gasteiger partial charge < -0.3 is 10.6 Å². The largest absolute Gasteiger partial charge is 0.324 e. The lowest BCUT2D eigenvalue weighted by molar-refractivity contribution is -0.119. The summed E-state index contributed by atoms with van der Waals surface area (Å²) in [5, 5.41) is 15.1. The van der Waals surface area contributed by atoms with Gasteiger partial charge in [0.25, 0.3) is 5.91 Å². The van der Waals surface area contributed by atoms with Crippen molar-refractivity contribution in [2.24, 2.45) is 7.05 Å². The van der Waals surface area contributed by atoms with Gasteiger partial charge in [0.15, 0.2) is 5.65 Å². The topological polar surface area (TPSA) is 107 Å². The van der Waals surface area contributed by atoms with Crippen molar-refractivity contribution >= 4 is 34.2 Å². The molecule has 2 amide bonds. The van der Waals surface area contributed by atoms with Gasteiger partial charge in [-0.2, -0.15) is 10.2 Å². The summed E-state index contributed by atoms with van der Waals surface area (Å²) in [6.45, 7) is 3.63. The maximum Gasteiger partial charge on any atom is 0.256 e. The number of nitrogens with zero attached hydrogens (tertiary/aromatic N) is 5. The van der Waals surface area contributed by atoms with E-state index in [9.17, 15) is 9.59 Å². The monoisotopic (exact) mass is 479 g/mol. The van der Waals surface area contributed by atoms with Crippen LogP contribution in [0.4, 0.5) is 11.4 Å². The second kappa shape index (κ2) is 9.46. The minimum absolute atomic E-state index is 0.212. The quantitative estimate of drug-likeness (QED) is 0.370. The van der Waals surface area contributed by atoms with Gasteiger partial charge in [-0.3, -0.25) is 19.0 Å². The Labute approximate surface area is 207 Å². The standard InChI is InChI=1S/C27H25N7O2/c1-17-24-22(16-23(19-9-5-4-6-10-19)31-25(24)33(3)32-17)27(36)30-21-12-7-11-20(15-21)29-26(35)18(2)34-14-8-13-28-34/h4-16,18H,1-3H3,(H,29,35)(H,30,36). The Bertz CT molecular complexity index is 1560. The molecule has 180 valence electrons. The number of hydrogen-bond acceptors (Lipinski definition) is 5. The van der Waals surface area contributed by atoms with Gasteiger partial charge in [-0.1, -0.05) is 36.4 Å². The zero-order valence-electron chi connectivity index (χ0n) is 20.1. The van der Waals surface area contributed by atoms with Crippen LogP contribution in [0.1, 0.15) is 29.0 Å². The number of carbonyl (C=O) groups excluding carboxylic acids is 2. The summed E-state index contributed by atoms with van der Waals surface area (Å²) in [7, 11) is 1.81. The number of rotatable bonds is 6. The van der Waals surface area contributed by atoms with Crippen LogP contribution in [0.3, 0.4) is 0 Å². The zero-order valence-corrected chi connectivity index (χ0v) is 20.1. The molecule has 0 fully saturated rings. The van der Waals surface area contributed by atoms with Gasteiger partial charge in [-0.25, -0.2) is 4.98 Å². The van der Waals surface area contributed by atoms with Gasteiger partial charge in [-0.15, -0.1) is 0 Å². The highest BCUT2D eigenvalue weighted by atomic mass is 16.2. The fourth-order valence-corrected chi connectivity index (χ4v) is 4.13. The molecule has 0 aliphatic carbocycles. The average Bonchev–Trinajstić information content (AvgIpc) is 3.52. The molecule has 0 bridgehead atoms. The molecule has 5 aromatic rings. The highest BCUT2D eigenvalue weighted by Crippen LogP contribution is 2.28. The van der Waals surface area contributed by atoms with E-state index < -0.39 is 6.04 Å². The molecule has 2 N–H and O–H groups in total. The van der Waals surface area contributed by atoms with Crippen LogP contribution in [0, 0.1) is 6.92 Å². The minimum atomic E-state index is -0.478. The number of carbonyl (C=O) groups is 2. The van der Waals surface area contributed by atoms with E-state index in [0.717, 1.165) is 11.3 Å². The number of aromatic nitrogens is 5. The Morgan fingerprint density at radius 3 is 2.42 bits per heavy atom. The number of nitrogens with one attached hydrogen (secondary N) is 2. The van der Waals surface area contributed by atoms with Crippen molar-refractivity contribution < 1.29 is 9.59 Å². The van der Waals surface area contributed by atoms with Crippen LogP contribution in [-0.4, -0.2) is 36.4 Å². The molecular formula is C27H25N7O2. The average molecular weight is 480 g/mol. The number of aryl methyl sites for hydroxylation is 2. The second-order valence-electron chi connectivity index (χ2n) is 8.51. The normalized spacial score (nSPS) is 11.9. The molecule has 0 saturated carbocycles. The smallest absolute Gasteiger partial charge is 0.256 e. The molecule has 2 aromatic carbocycles. The van der Waals surface area contributed by atoms with E-state index in [1.165, 1.54) is 0 Å². The van der Waals surface area contributed by atoms with Crippen molar-refractivity contribution in [3.63, 3.8) is 0 Å². The molecule has 0 spiro atoms. The maximum atomic E-state index is 13.5. The first-order chi connectivity index (χ1) is 17.4. The second-order valence-corrected chi connectivity index (χ2v) is 8.51. The molecule has 0 aliphatic rings. The summed E-state index contributed by atoms with van der Waals surface area (Å²) in [4.78, 5) is 30.9. The van der Waals surface area contributed by atoms with Crippen molar-refractivity contribution in [1.82, 2.24) is 24.5 Å². The molecule has 3 aromatic heterocycles. The predicted octanol–water partition coefficient (Wildman–Crippen LogP) is 4.59. The lowest BCUT2D eigenvalue weighted by Gasteiger charge is -2.14. The van der Waals surface area contributed by atoms with E-state index in [-0.39, 0.29) is 11.8 Å². The van der Waals surface area contributed by atoms with Gasteiger partial charge >= 0.3 is 0 Å². The molecule has 9 nitrogen and oxygen atoms in total. The number of pyridine rings is 1. The van der Waals surface area contributed by atoms with E-state index in [1.54, 1.807) is 65.1 Å². The maximum absolute atomic E-state index is 13.5. The Balaban J connectivity index is 1.43. The predicted molar refractivity (Wildman–Crippen MR) is 139 cm³/mol. The zero-order chi connectivity index (χ0) is 25.2. The fourth-order valence-electron chi connectivity index (χ4n) is 4.13. The van der Waals surface area contributed by atoms with Gasteiger partial charge in [0.05, 0.1) is 22.3 Å². The van der Waals surface area contributed by atoms with E-state index >= 15 is 0 Å². The Morgan fingerprint density at radius 1 is 0.944 bits per heavy atom. The van der Waals surface area contributed by atoms with Gasteiger partial charge in [-0.05, 0) is 44.2 Å². The van der Waals surface area contributed by atoms with Crippen LogP contribution < -0.4 is 10.6 Å². The van der Waals surface area contributed by atoms with Crippen molar-refractivity contribution in [3.8, 4) is 11.3 Å². The SMILES string of the molecule is Cc1nn(C)c2nc(-c3ccccc3)cc(C(=O)Nc3cccc(NC(=O)C(C)n4cccn4)c3)c12. The molecule has 36 heavy (non-hydrogen) atoms. The summed E-state index contributed by atoms with van der Waals surface area (Å²) in [5.74, 6) is -0.499. The molecule has 0 aliphatic heterocycles. The fraction of sp³-hybridized carbons (Fsp3) is 0.148. The van der Waals surface area contributed by atoms with Crippen molar-refractivity contribution in [3.05, 3.63) is 90.4 Å². The highest BCUT2D eigenvalue weighted by molar-refractivity contribution is 6.13. The van der Waals surface area contributed by atoms with Crippen LogP contribution >= 0.6 is 0 Å². The summed E-state index contributed by atoms with van der Waals surface area (Å²) in [6.07, 6.45) is 3.36. The van der Waals surface area contributed by atoms with Gasteiger partial charge in [0.1, 0.15) is 6.04 Å². The Kier molecular flexibility index (Phi) is 6.03. The van der Waals surface area contributed by atoms with E-state index in [0.29, 0.717) is 33.7 Å². The first kappa shape index (κ1) is 23.0. The first-order valence-corrected chi connectivity index (χ1v) is 11.5. The third-order valence-corrected chi connectivity index (χ3v) is 5.97. The number of fused-ring (bicyclic) bond motifs is 1. The van der Waals surface area contributed by atoms with Crippen molar-refractivity contribution in [1.29, 1.82) is 0 Å². The van der Waals surface area contributed by atoms with E-state index in [4.69, 9.17) is 4.98 Å². The third kappa shape index (κ3) is 4.46. The van der Waals surface area contributed by atoms with Crippen LogP contribution in [0.25, 0.3) is 22.3 Å². The first-order valence-electron chi connectivity index (χ1n) is 11.5. The molecule has 5 rings (SSSR count). The summed E-state index contributed by atoms with van der Waals surface area (Å²) in [6, 6.07) is 19.8. The summed E-state index contributed by atoms with van der Waals surface area (Å²) >= 11 is 0. The van der Waals surface area contributed by atoms with Crippen LogP contribution in [0.5, 0.6) is 0 Å². The lowest BCUT2D eigenvalue weighted by atomic mass is 10.0. The molecule has 1 unspecified atom stereocenters. The molecule has 0 saturated heterocycles. The van der Waals surface area contributed by atoms with Crippen molar-refractivity contribution in [2.75, 3.05) is 10.6 Å². The third-order valence-electron chi connectivity index (χ3n) is 5.97. The Hall–Kier alpha value is -4.79. The molecular weight excluding hydrogens is 454 g/mol. The lowest BCUT2D eigenvalue weighted by Crippen LogP contribution is -2.24. The summed E-state index contributed by atoms with van der Waals surface area (Å²) in [5.41, 5.74) is 4.54. The van der Waals surface area contributed by atoms with Crippen LogP contribution in [0.15, 0.2) is 79.1 Å². The van der Waals surface area contributed by atoms with Gasteiger partial charge in [0.2, 0.25) is 5.91 Å². The number of anilines is 2. The number of hydrogen-bond donors (Lipinski definition) is 2. The summed E-state index contributed by atoms with van der Waals surface area (Å²) < 4.78 is 3.26. The number of benzene rings is 2. The molecule has 9 heteroatoms. The van der Waals surface area contributed by atoms with Crippen LogP contribution in [0.2, 0.25) is 0 Å². The highest BCUT2D eigenvalue weighted by Gasteiger charge is 2.20.